The molecule has 1 aromatic rings. The number of halogens is 3. The van der Waals surface area contributed by atoms with Crippen molar-refractivity contribution in [1.82, 2.24) is 4.90 Å². The minimum Gasteiger partial charge on any atom is -0.397 e. The maximum Gasteiger partial charge on any atom is 0.282 e. The normalized spacial score (nSPS) is 18.8. The summed E-state index contributed by atoms with van der Waals surface area (Å²) in [5.74, 6) is 0. The Morgan fingerprint density at radius 3 is 2.11 bits per heavy atom. The van der Waals surface area contributed by atoms with Crippen molar-refractivity contribution in [3.05, 3.63) is 18.2 Å². The average Bonchev–Trinajstić information content (AvgIpc) is 2.41. The smallest absolute Gasteiger partial charge is 0.282 e. The lowest BCUT2D eigenvalue weighted by atomic mass is 10.2. The van der Waals surface area contributed by atoms with Gasteiger partial charge >= 0.3 is 0 Å². The van der Waals surface area contributed by atoms with Crippen molar-refractivity contribution in [2.75, 3.05) is 42.5 Å². The fraction of sp³-hybridized carbons (Fsp3) is 0.500. The number of nitrogens with zero attached hydrogens (tertiary/aromatic N) is 2. The van der Waals surface area contributed by atoms with Gasteiger partial charge in [-0.05, 0) is 18.2 Å². The maximum atomic E-state index is 13.2. The van der Waals surface area contributed by atoms with E-state index in [1.165, 1.54) is 0 Å². The zero-order chi connectivity index (χ0) is 14.0. The molecule has 4 N–H and O–H groups in total. The molecule has 0 aromatic heterocycles. The first-order valence-electron chi connectivity index (χ1n) is 6.05. The van der Waals surface area contributed by atoms with E-state index in [9.17, 15) is 13.2 Å². The van der Waals surface area contributed by atoms with Gasteiger partial charge in [-0.1, -0.05) is 0 Å². The Labute approximate surface area is 109 Å². The van der Waals surface area contributed by atoms with Crippen molar-refractivity contribution >= 4 is 17.1 Å². The maximum absolute atomic E-state index is 13.2. The second kappa shape index (κ2) is 5.56. The summed E-state index contributed by atoms with van der Waals surface area (Å²) in [6, 6.07) is 5.26. The van der Waals surface area contributed by atoms with E-state index < -0.39 is 12.7 Å². The molecule has 106 valence electrons. The van der Waals surface area contributed by atoms with Crippen LogP contribution in [0.4, 0.5) is 30.2 Å². The first kappa shape index (κ1) is 13.8. The van der Waals surface area contributed by atoms with E-state index in [2.05, 4.69) is 0 Å². The third-order valence-corrected chi connectivity index (χ3v) is 3.31. The van der Waals surface area contributed by atoms with Gasteiger partial charge < -0.3 is 16.4 Å². The van der Waals surface area contributed by atoms with Gasteiger partial charge in [0.25, 0.3) is 6.43 Å². The summed E-state index contributed by atoms with van der Waals surface area (Å²) >= 11 is 0. The monoisotopic (exact) mass is 274 g/mol. The molecule has 1 aliphatic rings. The first-order valence-corrected chi connectivity index (χ1v) is 6.05. The fourth-order valence-corrected chi connectivity index (χ4v) is 2.14. The zero-order valence-corrected chi connectivity index (χ0v) is 10.4. The van der Waals surface area contributed by atoms with E-state index in [-0.39, 0.29) is 13.1 Å². The van der Waals surface area contributed by atoms with Crippen molar-refractivity contribution in [2.24, 2.45) is 0 Å². The number of piperazine rings is 1. The Kier molecular flexibility index (Phi) is 4.04. The Morgan fingerprint density at radius 2 is 1.58 bits per heavy atom. The van der Waals surface area contributed by atoms with Crippen LogP contribution in [0.1, 0.15) is 0 Å². The Bertz CT molecular complexity index is 433. The number of rotatable bonds is 3. The molecule has 1 heterocycles. The molecule has 0 bridgehead atoms. The van der Waals surface area contributed by atoms with Crippen LogP contribution in [0.25, 0.3) is 0 Å². The lowest BCUT2D eigenvalue weighted by Crippen LogP contribution is -2.51. The van der Waals surface area contributed by atoms with Crippen LogP contribution in [0.3, 0.4) is 0 Å². The Morgan fingerprint density at radius 1 is 0.947 bits per heavy atom. The van der Waals surface area contributed by atoms with Crippen LogP contribution in [0.2, 0.25) is 0 Å². The Hall–Kier alpha value is -1.63. The molecule has 1 atom stereocenters. The minimum absolute atomic E-state index is 0.260. The number of nitrogen functional groups attached to an aromatic ring is 2. The molecule has 0 aliphatic carbocycles. The summed E-state index contributed by atoms with van der Waals surface area (Å²) in [5, 5.41) is 0. The molecule has 0 spiro atoms. The fourth-order valence-electron chi connectivity index (χ4n) is 2.14. The van der Waals surface area contributed by atoms with Crippen LogP contribution in [-0.2, 0) is 0 Å². The molecule has 1 fully saturated rings. The summed E-state index contributed by atoms with van der Waals surface area (Å²) in [4.78, 5) is 3.13. The van der Waals surface area contributed by atoms with E-state index in [1.54, 1.807) is 12.1 Å². The number of hydrogen-bond acceptors (Lipinski definition) is 4. The third kappa shape index (κ3) is 3.04. The molecule has 0 saturated carbocycles. The van der Waals surface area contributed by atoms with Gasteiger partial charge in [-0.15, -0.1) is 0 Å². The molecule has 1 saturated heterocycles. The van der Waals surface area contributed by atoms with E-state index >= 15 is 0 Å². The lowest BCUT2D eigenvalue weighted by molar-refractivity contribution is -0.0505. The molecule has 2 rings (SSSR count). The van der Waals surface area contributed by atoms with Crippen LogP contribution < -0.4 is 16.4 Å². The van der Waals surface area contributed by atoms with E-state index in [0.29, 0.717) is 24.5 Å². The molecule has 0 amide bonds. The van der Waals surface area contributed by atoms with Crippen LogP contribution in [0.15, 0.2) is 18.2 Å². The van der Waals surface area contributed by atoms with Gasteiger partial charge in [-0.2, -0.15) is 0 Å². The van der Waals surface area contributed by atoms with E-state index in [0.717, 1.165) is 10.6 Å². The van der Waals surface area contributed by atoms with Crippen molar-refractivity contribution in [3.8, 4) is 0 Å². The molecular weight excluding hydrogens is 257 g/mol. The predicted octanol–water partition coefficient (Wildman–Crippen LogP) is 1.53. The zero-order valence-electron chi connectivity index (χ0n) is 10.4. The highest BCUT2D eigenvalue weighted by atomic mass is 19.3. The first-order chi connectivity index (χ1) is 8.99. The molecule has 1 aliphatic heterocycles. The molecule has 4 nitrogen and oxygen atoms in total. The van der Waals surface area contributed by atoms with Crippen molar-refractivity contribution in [3.63, 3.8) is 0 Å². The van der Waals surface area contributed by atoms with E-state index in [4.69, 9.17) is 11.5 Å². The van der Waals surface area contributed by atoms with Crippen molar-refractivity contribution < 1.29 is 13.2 Å². The summed E-state index contributed by atoms with van der Waals surface area (Å²) < 4.78 is 37.7. The van der Waals surface area contributed by atoms with Crippen molar-refractivity contribution in [2.45, 2.75) is 12.7 Å². The largest absolute Gasteiger partial charge is 0.397 e. The molecular formula is C12H17F3N4. The number of anilines is 3. The van der Waals surface area contributed by atoms with Gasteiger partial charge in [0.1, 0.15) is 0 Å². The molecule has 7 heteroatoms. The molecule has 19 heavy (non-hydrogen) atoms. The third-order valence-electron chi connectivity index (χ3n) is 3.31. The SMILES string of the molecule is Nc1ccc(N2CCN(C(F)C(F)F)CC2)cc1N. The number of hydrogen-bond donors (Lipinski definition) is 2. The highest BCUT2D eigenvalue weighted by Gasteiger charge is 2.29. The van der Waals surface area contributed by atoms with Gasteiger partial charge in [-0.3, -0.25) is 4.90 Å². The average molecular weight is 274 g/mol. The van der Waals surface area contributed by atoms with Gasteiger partial charge in [0.05, 0.1) is 11.4 Å². The predicted molar refractivity (Wildman–Crippen MR) is 70.0 cm³/mol. The van der Waals surface area contributed by atoms with Crippen LogP contribution >= 0.6 is 0 Å². The summed E-state index contributed by atoms with van der Waals surface area (Å²) in [5.41, 5.74) is 13.2. The van der Waals surface area contributed by atoms with Crippen LogP contribution in [-0.4, -0.2) is 43.8 Å². The van der Waals surface area contributed by atoms with E-state index in [1.807, 2.05) is 11.0 Å². The topological polar surface area (TPSA) is 58.5 Å². The highest BCUT2D eigenvalue weighted by molar-refractivity contribution is 5.69. The minimum atomic E-state index is -2.96. The summed E-state index contributed by atoms with van der Waals surface area (Å²) in [6.45, 7) is 1.48. The number of alkyl halides is 3. The second-order valence-corrected chi connectivity index (χ2v) is 4.54. The van der Waals surface area contributed by atoms with Crippen LogP contribution in [0, 0.1) is 0 Å². The lowest BCUT2D eigenvalue weighted by Gasteiger charge is -2.37. The molecule has 1 aromatic carbocycles. The van der Waals surface area contributed by atoms with Gasteiger partial charge in [0.2, 0.25) is 6.30 Å². The second-order valence-electron chi connectivity index (χ2n) is 4.54. The summed E-state index contributed by atoms with van der Waals surface area (Å²) in [7, 11) is 0. The van der Waals surface area contributed by atoms with Gasteiger partial charge in [0, 0.05) is 31.9 Å². The van der Waals surface area contributed by atoms with Crippen LogP contribution in [0.5, 0.6) is 0 Å². The number of nitrogens with two attached hydrogens (primary N) is 2. The summed E-state index contributed by atoms with van der Waals surface area (Å²) in [6.07, 6.45) is -5.14. The molecule has 0 radical (unpaired) electrons. The standard InChI is InChI=1S/C12H17F3N4/c13-11(14)12(15)19-5-3-18(4-6-19)8-1-2-9(16)10(17)7-8/h1-2,7,11-12H,3-6,16-17H2. The van der Waals surface area contributed by atoms with Gasteiger partial charge in [0.15, 0.2) is 0 Å². The highest BCUT2D eigenvalue weighted by Crippen LogP contribution is 2.24. The van der Waals surface area contributed by atoms with Gasteiger partial charge in [-0.25, -0.2) is 13.2 Å². The number of benzene rings is 1. The Balaban J connectivity index is 1.98. The van der Waals surface area contributed by atoms with Crippen molar-refractivity contribution in [1.29, 1.82) is 0 Å². The molecule has 1 unspecified atom stereocenters. The quantitative estimate of drug-likeness (QED) is 0.648.